The number of nitrogens with one attached hydrogen (secondary N) is 2. The third-order valence-electron chi connectivity index (χ3n) is 7.35. The Bertz CT molecular complexity index is 1650. The molecule has 6 rings (SSSR count). The molecule has 11 nitrogen and oxygen atoms in total. The Hall–Kier alpha value is -4.42. The molecule has 2 saturated heterocycles. The minimum atomic E-state index is -0.388. The van der Waals surface area contributed by atoms with Crippen molar-refractivity contribution in [3.63, 3.8) is 0 Å². The molecule has 42 heavy (non-hydrogen) atoms. The maximum Gasteiger partial charge on any atom is 0.290 e. The Morgan fingerprint density at radius 3 is 2.60 bits per heavy atom. The highest BCUT2D eigenvalue weighted by Crippen LogP contribution is 2.28. The predicted molar refractivity (Wildman–Crippen MR) is 165 cm³/mol. The van der Waals surface area contributed by atoms with Crippen LogP contribution in [-0.4, -0.2) is 69.8 Å². The zero-order valence-corrected chi connectivity index (χ0v) is 24.3. The quantitative estimate of drug-likeness (QED) is 0.294. The molecule has 2 amide bonds. The van der Waals surface area contributed by atoms with Crippen LogP contribution in [0.2, 0.25) is 0 Å². The standard InChI is InChI=1S/C30H31N9O2S/c1-38(2)28-33-17-22(18-34-28)26-21(13-20-5-3-4-6-24(20)36-26)16-31-15-19-8-11-39(12-9-19)29-32-10-7-23(35-29)14-25-27(40)37-30(41)42-25/h3-7,10,13-14,17-19,31H,8-9,11-12,15-16H2,1-2H3,(H,37,40,41)/b25-14+. The number of anilines is 2. The van der Waals surface area contributed by atoms with E-state index in [4.69, 9.17) is 4.98 Å². The minimum absolute atomic E-state index is 0.345. The first-order chi connectivity index (χ1) is 20.4. The average Bonchev–Trinajstić information content (AvgIpc) is 3.33. The Labute approximate surface area is 247 Å². The lowest BCUT2D eigenvalue weighted by molar-refractivity contribution is -0.115. The van der Waals surface area contributed by atoms with Crippen molar-refractivity contribution in [2.24, 2.45) is 5.92 Å². The molecule has 0 unspecified atom stereocenters. The third kappa shape index (κ3) is 6.24. The first-order valence-electron chi connectivity index (χ1n) is 13.8. The summed E-state index contributed by atoms with van der Waals surface area (Å²) >= 11 is 0.886. The summed E-state index contributed by atoms with van der Waals surface area (Å²) in [4.78, 5) is 50.8. The molecule has 5 heterocycles. The van der Waals surface area contributed by atoms with Crippen molar-refractivity contribution in [1.29, 1.82) is 0 Å². The summed E-state index contributed by atoms with van der Waals surface area (Å²) in [6, 6.07) is 12.1. The largest absolute Gasteiger partial charge is 0.347 e. The molecule has 214 valence electrons. The first kappa shape index (κ1) is 27.7. The van der Waals surface area contributed by atoms with E-state index in [1.54, 1.807) is 18.3 Å². The topological polar surface area (TPSA) is 129 Å². The highest BCUT2D eigenvalue weighted by atomic mass is 32.2. The van der Waals surface area contributed by atoms with Gasteiger partial charge >= 0.3 is 0 Å². The van der Waals surface area contributed by atoms with Gasteiger partial charge in [-0.1, -0.05) is 18.2 Å². The van der Waals surface area contributed by atoms with Crippen LogP contribution in [-0.2, 0) is 11.3 Å². The number of carbonyl (C=O) groups is 2. The second-order valence-electron chi connectivity index (χ2n) is 10.6. The lowest BCUT2D eigenvalue weighted by atomic mass is 9.96. The van der Waals surface area contributed by atoms with Crippen LogP contribution in [0.25, 0.3) is 28.2 Å². The number of benzene rings is 1. The molecule has 4 aromatic rings. The van der Waals surface area contributed by atoms with Gasteiger partial charge in [-0.25, -0.2) is 24.9 Å². The monoisotopic (exact) mass is 581 g/mol. The molecule has 0 radical (unpaired) electrons. The maximum atomic E-state index is 11.9. The number of rotatable bonds is 8. The zero-order valence-electron chi connectivity index (χ0n) is 23.4. The Kier molecular flexibility index (Phi) is 8.06. The van der Waals surface area contributed by atoms with Crippen molar-refractivity contribution in [2.75, 3.05) is 43.5 Å². The highest BCUT2D eigenvalue weighted by molar-refractivity contribution is 8.18. The fraction of sp³-hybridized carbons (Fsp3) is 0.300. The van der Waals surface area contributed by atoms with E-state index in [-0.39, 0.29) is 11.1 Å². The molecule has 2 fully saturated rings. The maximum absolute atomic E-state index is 11.9. The zero-order chi connectivity index (χ0) is 29.1. The van der Waals surface area contributed by atoms with Gasteiger partial charge in [0.15, 0.2) is 0 Å². The van der Waals surface area contributed by atoms with Crippen molar-refractivity contribution in [3.8, 4) is 11.3 Å². The number of hydrogen-bond acceptors (Lipinski definition) is 11. The third-order valence-corrected chi connectivity index (χ3v) is 8.16. The molecule has 3 aromatic heterocycles. The van der Waals surface area contributed by atoms with Crippen molar-refractivity contribution in [2.45, 2.75) is 19.4 Å². The van der Waals surface area contributed by atoms with Gasteiger partial charge in [-0.15, -0.1) is 0 Å². The van der Waals surface area contributed by atoms with Crippen molar-refractivity contribution in [3.05, 3.63) is 71.2 Å². The summed E-state index contributed by atoms with van der Waals surface area (Å²) in [5.41, 5.74) is 4.46. The number of nitrogens with zero attached hydrogens (tertiary/aromatic N) is 7. The highest BCUT2D eigenvalue weighted by Gasteiger charge is 2.26. The molecule has 2 aliphatic heterocycles. The molecule has 0 saturated carbocycles. The second kappa shape index (κ2) is 12.2. The fourth-order valence-corrected chi connectivity index (χ4v) is 5.78. The minimum Gasteiger partial charge on any atom is -0.347 e. The molecule has 2 aliphatic rings. The summed E-state index contributed by atoms with van der Waals surface area (Å²) in [5, 5.41) is 6.68. The van der Waals surface area contributed by atoms with Gasteiger partial charge in [0, 0.05) is 63.3 Å². The fourth-order valence-electron chi connectivity index (χ4n) is 5.12. The summed E-state index contributed by atoms with van der Waals surface area (Å²) in [6.07, 6.45) is 9.02. The summed E-state index contributed by atoms with van der Waals surface area (Å²) in [6.45, 7) is 3.27. The molecule has 0 spiro atoms. The molecular weight excluding hydrogens is 550 g/mol. The van der Waals surface area contributed by atoms with E-state index in [1.165, 1.54) is 0 Å². The number of pyridine rings is 1. The number of thioether (sulfide) groups is 1. The van der Waals surface area contributed by atoms with Crippen LogP contribution in [0.5, 0.6) is 0 Å². The Balaban J connectivity index is 1.08. The summed E-state index contributed by atoms with van der Waals surface area (Å²) in [7, 11) is 3.85. The Morgan fingerprint density at radius 1 is 1.07 bits per heavy atom. The van der Waals surface area contributed by atoms with E-state index < -0.39 is 0 Å². The number of aromatic nitrogens is 5. The van der Waals surface area contributed by atoms with Crippen LogP contribution in [0, 0.1) is 5.92 Å². The van der Waals surface area contributed by atoms with E-state index in [0.717, 1.165) is 72.0 Å². The van der Waals surface area contributed by atoms with Gasteiger partial charge in [0.1, 0.15) is 0 Å². The number of imide groups is 1. The van der Waals surface area contributed by atoms with Gasteiger partial charge in [0.05, 0.1) is 21.8 Å². The van der Waals surface area contributed by atoms with Gasteiger partial charge in [-0.05, 0) is 66.9 Å². The first-order valence-corrected chi connectivity index (χ1v) is 14.7. The van der Waals surface area contributed by atoms with Gasteiger partial charge in [-0.3, -0.25) is 14.9 Å². The van der Waals surface area contributed by atoms with E-state index in [0.29, 0.717) is 35.0 Å². The van der Waals surface area contributed by atoms with Crippen LogP contribution in [0.1, 0.15) is 24.1 Å². The smallest absolute Gasteiger partial charge is 0.290 e. The van der Waals surface area contributed by atoms with Gasteiger partial charge in [0.25, 0.3) is 11.1 Å². The molecule has 0 bridgehead atoms. The van der Waals surface area contributed by atoms with Crippen LogP contribution in [0.15, 0.2) is 59.9 Å². The molecule has 1 aromatic carbocycles. The van der Waals surface area contributed by atoms with E-state index >= 15 is 0 Å². The van der Waals surface area contributed by atoms with E-state index in [9.17, 15) is 9.59 Å². The van der Waals surface area contributed by atoms with Gasteiger partial charge in [-0.2, -0.15) is 0 Å². The second-order valence-corrected chi connectivity index (χ2v) is 11.6. The molecule has 2 N–H and O–H groups in total. The van der Waals surface area contributed by atoms with Gasteiger partial charge < -0.3 is 15.1 Å². The number of piperidine rings is 1. The van der Waals surface area contributed by atoms with Crippen LogP contribution < -0.4 is 20.4 Å². The molecule has 0 aliphatic carbocycles. The molecule has 0 atom stereocenters. The summed E-state index contributed by atoms with van der Waals surface area (Å²) in [5.74, 6) is 1.44. The lowest BCUT2D eigenvalue weighted by Crippen LogP contribution is -2.38. The van der Waals surface area contributed by atoms with Crippen LogP contribution in [0.3, 0.4) is 0 Å². The lowest BCUT2D eigenvalue weighted by Gasteiger charge is -2.32. The number of hydrogen-bond donors (Lipinski definition) is 2. The van der Waals surface area contributed by atoms with E-state index in [1.807, 2.05) is 49.6 Å². The van der Waals surface area contributed by atoms with Crippen molar-refractivity contribution >= 4 is 51.8 Å². The van der Waals surface area contributed by atoms with Crippen molar-refractivity contribution < 1.29 is 9.59 Å². The molecular formula is C30H31N9O2S. The predicted octanol–water partition coefficient (Wildman–Crippen LogP) is 3.88. The van der Waals surface area contributed by atoms with Gasteiger partial charge in [0.2, 0.25) is 11.9 Å². The SMILES string of the molecule is CN(C)c1ncc(-c2nc3ccccc3cc2CNCC2CCN(c3nccc(/C=C4/SC(=O)NC4=O)n3)CC2)cn1. The Morgan fingerprint density at radius 2 is 1.86 bits per heavy atom. The number of fused-ring (bicyclic) bond motifs is 1. The summed E-state index contributed by atoms with van der Waals surface area (Å²) < 4.78 is 0. The normalized spacial score (nSPS) is 16.8. The number of amides is 2. The molecule has 12 heteroatoms. The van der Waals surface area contributed by atoms with E-state index in [2.05, 4.69) is 47.6 Å². The number of carbonyl (C=O) groups excluding carboxylic acids is 2. The van der Waals surface area contributed by atoms with Crippen LogP contribution in [0.4, 0.5) is 16.7 Å². The van der Waals surface area contributed by atoms with Crippen molar-refractivity contribution in [1.82, 2.24) is 35.6 Å². The van der Waals surface area contributed by atoms with Crippen LogP contribution >= 0.6 is 11.8 Å². The number of para-hydroxylation sites is 1. The average molecular weight is 582 g/mol.